The van der Waals surface area contributed by atoms with Crippen molar-refractivity contribution in [2.24, 2.45) is 0 Å². The van der Waals surface area contributed by atoms with Gasteiger partial charge in [-0.15, -0.1) is 0 Å². The lowest BCUT2D eigenvalue weighted by molar-refractivity contribution is -0.202. The predicted molar refractivity (Wildman–Crippen MR) is 70.9 cm³/mol. The van der Waals surface area contributed by atoms with Crippen molar-refractivity contribution in [3.63, 3.8) is 0 Å². The number of hydrogen-bond donors (Lipinski definition) is 0. The number of carbonyl (C=O) groups is 2. The Balaban J connectivity index is 2.01. The number of ether oxygens (including phenoxy) is 1. The molecule has 0 saturated heterocycles. The van der Waals surface area contributed by atoms with Crippen LogP contribution in [0.5, 0.6) is 0 Å². The fraction of sp³-hybridized carbons (Fsp3) is 0.125. The minimum Gasteiger partial charge on any atom is -0.386 e. The Morgan fingerprint density at radius 1 is 0.864 bits per heavy atom. The van der Waals surface area contributed by atoms with Crippen LogP contribution in [0.1, 0.15) is 17.0 Å². The Kier molecular flexibility index (Phi) is 3.24. The van der Waals surface area contributed by atoms with Crippen LogP contribution in [0.4, 0.5) is 13.2 Å². The lowest BCUT2D eigenvalue weighted by atomic mass is 9.97. The maximum atomic E-state index is 12.3. The maximum absolute atomic E-state index is 12.3. The van der Waals surface area contributed by atoms with Gasteiger partial charge in [-0.3, -0.25) is 4.79 Å². The van der Waals surface area contributed by atoms with Crippen LogP contribution in [0.25, 0.3) is 11.1 Å². The largest absolute Gasteiger partial charge is 0.491 e. The molecular formula is C16H9F3O3. The number of alkyl halides is 3. The van der Waals surface area contributed by atoms with E-state index in [2.05, 4.69) is 4.74 Å². The molecule has 3 rings (SSSR count). The zero-order valence-corrected chi connectivity index (χ0v) is 11.1. The van der Waals surface area contributed by atoms with Crippen molar-refractivity contribution >= 4 is 11.9 Å². The van der Waals surface area contributed by atoms with E-state index in [-0.39, 0.29) is 0 Å². The highest BCUT2D eigenvalue weighted by Crippen LogP contribution is 2.45. The average Bonchev–Trinajstić information content (AvgIpc) is 2.80. The van der Waals surface area contributed by atoms with Gasteiger partial charge >= 0.3 is 18.1 Å². The van der Waals surface area contributed by atoms with Gasteiger partial charge in [0.1, 0.15) is 5.92 Å². The third kappa shape index (κ3) is 2.26. The molecule has 0 bridgehead atoms. The van der Waals surface area contributed by atoms with Crippen LogP contribution in [-0.2, 0) is 14.3 Å². The first-order valence-corrected chi connectivity index (χ1v) is 6.40. The van der Waals surface area contributed by atoms with Crippen molar-refractivity contribution in [1.29, 1.82) is 0 Å². The highest BCUT2D eigenvalue weighted by molar-refractivity contribution is 5.98. The van der Waals surface area contributed by atoms with Gasteiger partial charge in [0, 0.05) is 0 Å². The molecule has 2 aromatic rings. The van der Waals surface area contributed by atoms with Crippen LogP contribution < -0.4 is 0 Å². The van der Waals surface area contributed by atoms with Gasteiger partial charge in [0.25, 0.3) is 0 Å². The summed E-state index contributed by atoms with van der Waals surface area (Å²) < 4.78 is 40.8. The van der Waals surface area contributed by atoms with Crippen molar-refractivity contribution in [2.45, 2.75) is 12.1 Å². The van der Waals surface area contributed by atoms with E-state index < -0.39 is 24.0 Å². The molecule has 3 nitrogen and oxygen atoms in total. The minimum atomic E-state index is -5.20. The van der Waals surface area contributed by atoms with E-state index in [9.17, 15) is 22.8 Å². The Hall–Kier alpha value is -2.63. The van der Waals surface area contributed by atoms with Crippen LogP contribution in [0, 0.1) is 0 Å². The number of halogens is 3. The van der Waals surface area contributed by atoms with Crippen LogP contribution in [0.2, 0.25) is 0 Å². The SMILES string of the molecule is O=C(OC(=O)C(F)(F)F)C1c2ccccc2-c2ccccc21. The number of benzene rings is 2. The lowest BCUT2D eigenvalue weighted by Gasteiger charge is -2.12. The van der Waals surface area contributed by atoms with E-state index in [0.29, 0.717) is 11.1 Å². The summed E-state index contributed by atoms with van der Waals surface area (Å²) in [4.78, 5) is 23.0. The van der Waals surface area contributed by atoms with Gasteiger partial charge in [-0.1, -0.05) is 48.5 Å². The molecule has 0 heterocycles. The zero-order chi connectivity index (χ0) is 15.9. The number of hydrogen-bond acceptors (Lipinski definition) is 3. The first-order valence-electron chi connectivity index (χ1n) is 6.40. The highest BCUT2D eigenvalue weighted by Gasteiger charge is 2.45. The molecule has 0 radical (unpaired) electrons. The fourth-order valence-electron chi connectivity index (χ4n) is 2.62. The minimum absolute atomic E-state index is 0.531. The molecule has 1 aliphatic rings. The molecule has 0 N–H and O–H groups in total. The highest BCUT2D eigenvalue weighted by atomic mass is 19.4. The molecule has 0 saturated carbocycles. The van der Waals surface area contributed by atoms with Crippen molar-refractivity contribution < 1.29 is 27.5 Å². The van der Waals surface area contributed by atoms with Crippen LogP contribution in [0.15, 0.2) is 48.5 Å². The van der Waals surface area contributed by atoms with Gasteiger partial charge in [-0.05, 0) is 22.3 Å². The summed E-state index contributed by atoms with van der Waals surface area (Å²) in [6.45, 7) is 0. The van der Waals surface area contributed by atoms with Gasteiger partial charge < -0.3 is 4.74 Å². The molecular weight excluding hydrogens is 297 g/mol. The lowest BCUT2D eigenvalue weighted by Crippen LogP contribution is -2.30. The summed E-state index contributed by atoms with van der Waals surface area (Å²) in [5.74, 6) is -4.75. The smallest absolute Gasteiger partial charge is 0.386 e. The van der Waals surface area contributed by atoms with E-state index in [0.717, 1.165) is 11.1 Å². The zero-order valence-electron chi connectivity index (χ0n) is 11.1. The first kappa shape index (κ1) is 14.3. The standard InChI is InChI=1S/C16H9F3O3/c17-16(18,19)15(21)22-14(20)13-11-7-3-1-5-9(11)10-6-2-4-8-12(10)13/h1-8,13H. The molecule has 0 amide bonds. The second kappa shape index (κ2) is 4.98. The fourth-order valence-corrected chi connectivity index (χ4v) is 2.62. The molecule has 1 aliphatic carbocycles. The quantitative estimate of drug-likeness (QED) is 0.599. The molecule has 0 aromatic heterocycles. The van der Waals surface area contributed by atoms with Gasteiger partial charge in [-0.2, -0.15) is 13.2 Å². The summed E-state index contributed by atoms with van der Waals surface area (Å²) in [7, 11) is 0. The Morgan fingerprint density at radius 3 is 1.77 bits per heavy atom. The van der Waals surface area contributed by atoms with Crippen molar-refractivity contribution in [1.82, 2.24) is 0 Å². The van der Waals surface area contributed by atoms with Crippen molar-refractivity contribution in [3.05, 3.63) is 59.7 Å². The topological polar surface area (TPSA) is 43.4 Å². The van der Waals surface area contributed by atoms with Crippen LogP contribution in [0.3, 0.4) is 0 Å². The Bertz CT molecular complexity index is 720. The van der Waals surface area contributed by atoms with E-state index in [1.165, 1.54) is 0 Å². The van der Waals surface area contributed by atoms with Crippen LogP contribution in [-0.4, -0.2) is 18.1 Å². The molecule has 112 valence electrons. The monoisotopic (exact) mass is 306 g/mol. The number of fused-ring (bicyclic) bond motifs is 3. The van der Waals surface area contributed by atoms with Crippen molar-refractivity contribution in [2.75, 3.05) is 0 Å². The Morgan fingerprint density at radius 2 is 1.32 bits per heavy atom. The molecule has 0 unspecified atom stereocenters. The van der Waals surface area contributed by atoms with Gasteiger partial charge in [0.05, 0.1) is 0 Å². The third-order valence-corrected chi connectivity index (χ3v) is 3.49. The first-order chi connectivity index (χ1) is 10.4. The molecule has 0 aliphatic heterocycles. The average molecular weight is 306 g/mol. The maximum Gasteiger partial charge on any atom is 0.491 e. The molecule has 2 aromatic carbocycles. The molecule has 0 spiro atoms. The van der Waals surface area contributed by atoms with Gasteiger partial charge in [0.2, 0.25) is 0 Å². The number of esters is 2. The van der Waals surface area contributed by atoms with E-state index in [1.54, 1.807) is 48.5 Å². The second-order valence-electron chi connectivity index (χ2n) is 4.81. The Labute approximate surface area is 123 Å². The van der Waals surface area contributed by atoms with Gasteiger partial charge in [-0.25, -0.2) is 4.79 Å². The van der Waals surface area contributed by atoms with E-state index in [4.69, 9.17) is 0 Å². The summed E-state index contributed by atoms with van der Waals surface area (Å²) in [5, 5.41) is 0. The summed E-state index contributed by atoms with van der Waals surface area (Å²) in [6, 6.07) is 13.7. The van der Waals surface area contributed by atoms with Crippen molar-refractivity contribution in [3.8, 4) is 11.1 Å². The normalized spacial score (nSPS) is 13.4. The predicted octanol–water partition coefficient (Wildman–Crippen LogP) is 3.43. The summed E-state index contributed by atoms with van der Waals surface area (Å²) in [6.07, 6.45) is -5.20. The molecule has 0 atom stereocenters. The number of rotatable bonds is 1. The second-order valence-corrected chi connectivity index (χ2v) is 4.81. The molecule has 22 heavy (non-hydrogen) atoms. The number of carbonyl (C=O) groups excluding carboxylic acids is 2. The van der Waals surface area contributed by atoms with E-state index in [1.807, 2.05) is 0 Å². The third-order valence-electron chi connectivity index (χ3n) is 3.49. The van der Waals surface area contributed by atoms with Crippen LogP contribution >= 0.6 is 0 Å². The summed E-state index contributed by atoms with van der Waals surface area (Å²) in [5.41, 5.74) is 2.56. The van der Waals surface area contributed by atoms with Gasteiger partial charge in [0.15, 0.2) is 0 Å². The van der Waals surface area contributed by atoms with E-state index >= 15 is 0 Å². The molecule has 6 heteroatoms. The summed E-state index contributed by atoms with van der Waals surface area (Å²) >= 11 is 0. The molecule has 0 fully saturated rings.